The number of carboxylic acids is 1. The van der Waals surface area contributed by atoms with Crippen molar-refractivity contribution in [1.82, 2.24) is 0 Å². The van der Waals surface area contributed by atoms with E-state index in [0.29, 0.717) is 11.5 Å². The molecule has 1 saturated carbocycles. The van der Waals surface area contributed by atoms with Crippen molar-refractivity contribution in [3.05, 3.63) is 11.6 Å². The monoisotopic (exact) mass is 154 g/mol. The molecular formula is C9H14O2. The minimum atomic E-state index is -0.781. The summed E-state index contributed by atoms with van der Waals surface area (Å²) in [6.45, 7) is 1.67. The lowest BCUT2D eigenvalue weighted by molar-refractivity contribution is -0.132. The predicted octanol–water partition coefficient (Wildman–Crippen LogP) is 2.21. The van der Waals surface area contributed by atoms with Gasteiger partial charge in [-0.3, -0.25) is 0 Å². The van der Waals surface area contributed by atoms with Crippen molar-refractivity contribution in [2.75, 3.05) is 0 Å². The summed E-state index contributed by atoms with van der Waals surface area (Å²) in [6, 6.07) is 0. The molecule has 1 aliphatic carbocycles. The molecular weight excluding hydrogens is 140 g/mol. The Labute approximate surface area is 66.9 Å². The maximum Gasteiger partial charge on any atom is 0.330 e. The van der Waals surface area contributed by atoms with Crippen LogP contribution in [0.1, 0.15) is 32.6 Å². The van der Waals surface area contributed by atoms with Gasteiger partial charge in [-0.1, -0.05) is 18.9 Å². The second-order valence-electron chi connectivity index (χ2n) is 3.20. The van der Waals surface area contributed by atoms with Gasteiger partial charge < -0.3 is 5.11 Å². The van der Waals surface area contributed by atoms with Crippen molar-refractivity contribution in [3.8, 4) is 0 Å². The Kier molecular flexibility index (Phi) is 2.69. The van der Waals surface area contributed by atoms with Gasteiger partial charge in [-0.15, -0.1) is 0 Å². The summed E-state index contributed by atoms with van der Waals surface area (Å²) in [7, 11) is 0. The average Bonchev–Trinajstić information content (AvgIpc) is 2.39. The van der Waals surface area contributed by atoms with Crippen LogP contribution in [0.25, 0.3) is 0 Å². The van der Waals surface area contributed by atoms with Gasteiger partial charge in [0, 0.05) is 5.57 Å². The number of aliphatic carboxylic acids is 1. The molecule has 11 heavy (non-hydrogen) atoms. The highest BCUT2D eigenvalue weighted by atomic mass is 16.4. The van der Waals surface area contributed by atoms with Crippen LogP contribution in [-0.4, -0.2) is 11.1 Å². The van der Waals surface area contributed by atoms with E-state index < -0.39 is 5.97 Å². The summed E-state index contributed by atoms with van der Waals surface area (Å²) in [5, 5.41) is 8.57. The Morgan fingerprint density at radius 3 is 2.45 bits per heavy atom. The molecule has 2 heteroatoms. The zero-order valence-corrected chi connectivity index (χ0v) is 6.84. The first-order valence-corrected chi connectivity index (χ1v) is 4.12. The largest absolute Gasteiger partial charge is 0.478 e. The average molecular weight is 154 g/mol. The van der Waals surface area contributed by atoms with Gasteiger partial charge >= 0.3 is 5.97 Å². The Balaban J connectivity index is 2.49. The standard InChI is InChI=1S/C9H14O2/c1-7(9(10)11)6-8-4-2-3-5-8/h6,8H,2-5H2,1H3,(H,10,11). The summed E-state index contributed by atoms with van der Waals surface area (Å²) in [5.74, 6) is -0.247. The molecule has 0 aromatic heterocycles. The van der Waals surface area contributed by atoms with Crippen molar-refractivity contribution < 1.29 is 9.90 Å². The van der Waals surface area contributed by atoms with Gasteiger partial charge in [0.25, 0.3) is 0 Å². The maximum atomic E-state index is 10.4. The van der Waals surface area contributed by atoms with E-state index in [2.05, 4.69) is 0 Å². The molecule has 1 N–H and O–H groups in total. The molecule has 0 bridgehead atoms. The number of hydrogen-bond donors (Lipinski definition) is 1. The molecule has 62 valence electrons. The molecule has 0 amide bonds. The molecule has 0 spiro atoms. The summed E-state index contributed by atoms with van der Waals surface area (Å²) in [4.78, 5) is 10.4. The molecule has 0 heterocycles. The highest BCUT2D eigenvalue weighted by molar-refractivity contribution is 5.85. The topological polar surface area (TPSA) is 37.3 Å². The fraction of sp³-hybridized carbons (Fsp3) is 0.667. The normalized spacial score (nSPS) is 20.6. The van der Waals surface area contributed by atoms with Crippen LogP contribution in [0.15, 0.2) is 11.6 Å². The van der Waals surface area contributed by atoms with E-state index in [1.807, 2.05) is 6.08 Å². The molecule has 0 atom stereocenters. The van der Waals surface area contributed by atoms with E-state index in [-0.39, 0.29) is 0 Å². The van der Waals surface area contributed by atoms with Crippen molar-refractivity contribution in [1.29, 1.82) is 0 Å². The van der Waals surface area contributed by atoms with Crippen LogP contribution in [-0.2, 0) is 4.79 Å². The van der Waals surface area contributed by atoms with Crippen molar-refractivity contribution in [3.63, 3.8) is 0 Å². The van der Waals surface area contributed by atoms with Gasteiger partial charge in [-0.2, -0.15) is 0 Å². The minimum Gasteiger partial charge on any atom is -0.478 e. The highest BCUT2D eigenvalue weighted by Crippen LogP contribution is 2.26. The number of rotatable bonds is 2. The summed E-state index contributed by atoms with van der Waals surface area (Å²) < 4.78 is 0. The fourth-order valence-corrected chi connectivity index (χ4v) is 1.55. The van der Waals surface area contributed by atoms with Crippen LogP contribution in [0.5, 0.6) is 0 Å². The van der Waals surface area contributed by atoms with Gasteiger partial charge in [0.1, 0.15) is 0 Å². The molecule has 1 aliphatic rings. The maximum absolute atomic E-state index is 10.4. The first kappa shape index (κ1) is 8.31. The molecule has 0 aromatic carbocycles. The van der Waals surface area contributed by atoms with E-state index in [0.717, 1.165) is 0 Å². The van der Waals surface area contributed by atoms with Crippen molar-refractivity contribution in [2.45, 2.75) is 32.6 Å². The van der Waals surface area contributed by atoms with Gasteiger partial charge in [0.2, 0.25) is 0 Å². The van der Waals surface area contributed by atoms with Crippen LogP contribution in [0.2, 0.25) is 0 Å². The van der Waals surface area contributed by atoms with Crippen LogP contribution >= 0.6 is 0 Å². The van der Waals surface area contributed by atoms with E-state index in [1.54, 1.807) is 6.92 Å². The van der Waals surface area contributed by atoms with Crippen LogP contribution in [0.3, 0.4) is 0 Å². The molecule has 0 saturated heterocycles. The van der Waals surface area contributed by atoms with E-state index >= 15 is 0 Å². The SMILES string of the molecule is CC(=CC1CCCC1)C(=O)O. The zero-order valence-electron chi connectivity index (χ0n) is 6.84. The Bertz CT molecular complexity index is 176. The third kappa shape index (κ3) is 2.37. The zero-order chi connectivity index (χ0) is 8.27. The molecule has 0 radical (unpaired) electrons. The van der Waals surface area contributed by atoms with Crippen LogP contribution in [0.4, 0.5) is 0 Å². The second kappa shape index (κ2) is 3.56. The number of carboxylic acid groups (broad SMARTS) is 1. The van der Waals surface area contributed by atoms with Crippen molar-refractivity contribution >= 4 is 5.97 Å². The summed E-state index contributed by atoms with van der Waals surface area (Å²) in [5.41, 5.74) is 0.497. The first-order valence-electron chi connectivity index (χ1n) is 4.12. The van der Waals surface area contributed by atoms with Gasteiger partial charge in [0.15, 0.2) is 0 Å². The Morgan fingerprint density at radius 1 is 1.45 bits per heavy atom. The van der Waals surface area contributed by atoms with Gasteiger partial charge in [-0.25, -0.2) is 4.79 Å². The quantitative estimate of drug-likeness (QED) is 0.619. The van der Waals surface area contributed by atoms with Crippen LogP contribution in [0, 0.1) is 5.92 Å². The van der Waals surface area contributed by atoms with Gasteiger partial charge in [0.05, 0.1) is 0 Å². The van der Waals surface area contributed by atoms with E-state index in [9.17, 15) is 4.79 Å². The lowest BCUT2D eigenvalue weighted by Crippen LogP contribution is -1.99. The molecule has 0 aromatic rings. The minimum absolute atomic E-state index is 0.497. The molecule has 1 rings (SSSR count). The lowest BCUT2D eigenvalue weighted by atomic mass is 10.1. The molecule has 2 nitrogen and oxygen atoms in total. The highest BCUT2D eigenvalue weighted by Gasteiger charge is 2.13. The molecule has 0 unspecified atom stereocenters. The fourth-order valence-electron chi connectivity index (χ4n) is 1.55. The van der Waals surface area contributed by atoms with Crippen molar-refractivity contribution in [2.24, 2.45) is 5.92 Å². The number of allylic oxidation sites excluding steroid dienone is 1. The Morgan fingerprint density at radius 2 is 2.00 bits per heavy atom. The third-order valence-electron chi connectivity index (χ3n) is 2.22. The summed E-state index contributed by atoms with van der Waals surface area (Å²) >= 11 is 0. The lowest BCUT2D eigenvalue weighted by Gasteiger charge is -2.01. The molecule has 1 fully saturated rings. The predicted molar refractivity (Wildman–Crippen MR) is 43.4 cm³/mol. The number of hydrogen-bond acceptors (Lipinski definition) is 1. The second-order valence-corrected chi connectivity index (χ2v) is 3.20. The first-order chi connectivity index (χ1) is 5.20. The smallest absolute Gasteiger partial charge is 0.330 e. The summed E-state index contributed by atoms with van der Waals surface area (Å²) in [6.07, 6.45) is 6.76. The van der Waals surface area contributed by atoms with Gasteiger partial charge in [-0.05, 0) is 25.7 Å². The van der Waals surface area contributed by atoms with E-state index in [1.165, 1.54) is 25.7 Å². The van der Waals surface area contributed by atoms with Crippen LogP contribution < -0.4 is 0 Å². The molecule has 0 aliphatic heterocycles. The third-order valence-corrected chi connectivity index (χ3v) is 2.22. The Hall–Kier alpha value is -0.790. The van der Waals surface area contributed by atoms with E-state index in [4.69, 9.17) is 5.11 Å². The number of carbonyl (C=O) groups is 1.